The first-order chi connectivity index (χ1) is 10.1. The van der Waals surface area contributed by atoms with Gasteiger partial charge in [0, 0.05) is 0 Å². The number of hydrogen-bond acceptors (Lipinski definition) is 2. The van der Waals surface area contributed by atoms with Crippen molar-refractivity contribution in [2.75, 3.05) is 0 Å². The van der Waals surface area contributed by atoms with Gasteiger partial charge in [0.05, 0.1) is 0 Å². The van der Waals surface area contributed by atoms with Gasteiger partial charge in [-0.2, -0.15) is 21.6 Å². The Morgan fingerprint density at radius 1 is 1.05 bits per heavy atom. The summed E-state index contributed by atoms with van der Waals surface area (Å²) in [6.45, 7) is 0.672. The van der Waals surface area contributed by atoms with Crippen molar-refractivity contribution in [2.24, 2.45) is 41.4 Å². The number of allylic oxidation sites excluding steroid dienone is 2. The summed E-state index contributed by atoms with van der Waals surface area (Å²) in [7, 11) is -5.21. The summed E-state index contributed by atoms with van der Waals surface area (Å²) >= 11 is 0. The Morgan fingerprint density at radius 2 is 1.64 bits per heavy atom. The van der Waals surface area contributed by atoms with Crippen molar-refractivity contribution < 1.29 is 26.1 Å². The summed E-state index contributed by atoms with van der Waals surface area (Å²) in [6.07, 6.45) is 1.27. The topological polar surface area (TPSA) is 54.4 Å². The van der Waals surface area contributed by atoms with Gasteiger partial charge in [0.25, 0.3) is 10.1 Å². The van der Waals surface area contributed by atoms with E-state index in [9.17, 15) is 26.1 Å². The van der Waals surface area contributed by atoms with Crippen molar-refractivity contribution in [1.82, 2.24) is 0 Å². The molecule has 1 N–H and O–H groups in total. The summed E-state index contributed by atoms with van der Waals surface area (Å²) < 4.78 is 70.3. The van der Waals surface area contributed by atoms with Crippen LogP contribution in [0.1, 0.15) is 26.2 Å². The fraction of sp³-hybridized carbons (Fsp3) is 0.867. The molecule has 0 radical (unpaired) electrons. The van der Waals surface area contributed by atoms with Crippen LogP contribution in [-0.2, 0) is 10.1 Å². The Bertz CT molecular complexity index is 641. The Balaban J connectivity index is 1.74. The third kappa shape index (κ3) is 1.59. The first-order valence-electron chi connectivity index (χ1n) is 7.78. The summed E-state index contributed by atoms with van der Waals surface area (Å²) in [5.41, 5.74) is 0. The molecule has 22 heavy (non-hydrogen) atoms. The van der Waals surface area contributed by atoms with Crippen LogP contribution in [0.15, 0.2) is 12.2 Å². The van der Waals surface area contributed by atoms with Crippen LogP contribution >= 0.6 is 0 Å². The van der Waals surface area contributed by atoms with Gasteiger partial charge >= 0.3 is 6.18 Å². The van der Waals surface area contributed by atoms with Crippen LogP contribution in [0.3, 0.4) is 0 Å². The molecule has 3 fully saturated rings. The maximum Gasteiger partial charge on any atom is 0.410 e. The van der Waals surface area contributed by atoms with Crippen LogP contribution in [0.4, 0.5) is 13.2 Å². The lowest BCUT2D eigenvalue weighted by Crippen LogP contribution is -2.57. The maximum atomic E-state index is 13.6. The van der Waals surface area contributed by atoms with Crippen LogP contribution < -0.4 is 0 Å². The van der Waals surface area contributed by atoms with Crippen LogP contribution in [-0.4, -0.2) is 23.9 Å². The molecule has 0 aliphatic heterocycles. The van der Waals surface area contributed by atoms with Crippen molar-refractivity contribution in [3.63, 3.8) is 0 Å². The molecule has 0 aromatic heterocycles. The highest BCUT2D eigenvalue weighted by molar-refractivity contribution is 7.87. The second-order valence-corrected chi connectivity index (χ2v) is 9.48. The summed E-state index contributed by atoms with van der Waals surface area (Å²) in [4.78, 5) is 0. The minimum atomic E-state index is -5.21. The van der Waals surface area contributed by atoms with Gasteiger partial charge in [-0.05, 0) is 67.6 Å². The summed E-state index contributed by atoms with van der Waals surface area (Å²) in [5, 5.41) is 0. The molecule has 3 nitrogen and oxygen atoms in total. The molecule has 0 saturated heterocycles. The monoisotopic (exact) mass is 336 g/mol. The molecule has 124 valence electrons. The molecule has 4 rings (SSSR count). The summed E-state index contributed by atoms with van der Waals surface area (Å²) in [5.74, 6) is 0.256. The normalized spacial score (nSPS) is 48.7. The van der Waals surface area contributed by atoms with Crippen LogP contribution in [0.5, 0.6) is 0 Å². The van der Waals surface area contributed by atoms with Crippen LogP contribution in [0.25, 0.3) is 0 Å². The molecule has 4 bridgehead atoms. The number of halogens is 3. The van der Waals surface area contributed by atoms with E-state index in [1.165, 1.54) is 0 Å². The smallest absolute Gasteiger partial charge is 0.285 e. The van der Waals surface area contributed by atoms with Crippen molar-refractivity contribution in [3.05, 3.63) is 12.2 Å². The highest BCUT2D eigenvalue weighted by atomic mass is 32.2. The largest absolute Gasteiger partial charge is 0.410 e. The van der Waals surface area contributed by atoms with Gasteiger partial charge in [-0.3, -0.25) is 4.55 Å². The molecular formula is C15H19F3O3S. The third-order valence-corrected chi connectivity index (χ3v) is 8.68. The van der Waals surface area contributed by atoms with Gasteiger partial charge in [-0.25, -0.2) is 0 Å². The quantitative estimate of drug-likeness (QED) is 0.478. The second kappa shape index (κ2) is 4.09. The predicted octanol–water partition coefficient (Wildman–Crippen LogP) is 3.29. The van der Waals surface area contributed by atoms with Gasteiger partial charge in [-0.1, -0.05) is 12.2 Å². The van der Waals surface area contributed by atoms with E-state index in [0.717, 1.165) is 6.42 Å². The lowest BCUT2D eigenvalue weighted by Gasteiger charge is -2.44. The van der Waals surface area contributed by atoms with E-state index in [0.29, 0.717) is 31.1 Å². The van der Waals surface area contributed by atoms with E-state index in [1.807, 2.05) is 0 Å². The Kier molecular flexibility index (Phi) is 2.79. The molecule has 0 aromatic rings. The molecule has 0 amide bonds. The highest BCUT2D eigenvalue weighted by Gasteiger charge is 2.72. The van der Waals surface area contributed by atoms with Gasteiger partial charge in [0.15, 0.2) is 4.75 Å². The number of fused-ring (bicyclic) bond motifs is 9. The minimum Gasteiger partial charge on any atom is -0.285 e. The van der Waals surface area contributed by atoms with Gasteiger partial charge < -0.3 is 0 Å². The lowest BCUT2D eigenvalue weighted by atomic mass is 9.66. The van der Waals surface area contributed by atoms with E-state index in [2.05, 4.69) is 12.2 Å². The second-order valence-electron chi connectivity index (χ2n) is 7.68. The summed E-state index contributed by atoms with van der Waals surface area (Å²) in [6, 6.07) is 0. The van der Waals surface area contributed by atoms with Crippen molar-refractivity contribution >= 4 is 10.1 Å². The van der Waals surface area contributed by atoms with Crippen LogP contribution in [0.2, 0.25) is 0 Å². The highest BCUT2D eigenvalue weighted by Crippen LogP contribution is 2.69. The van der Waals surface area contributed by atoms with E-state index < -0.39 is 27.0 Å². The van der Waals surface area contributed by atoms with Gasteiger partial charge in [-0.15, -0.1) is 0 Å². The standard InChI is InChI=1S/C15H19F3O3S/c1-14(15(16,17)18,22(19,20)21)11-6-9-5-10(11)13-8-3-2-7(4-8)12(9)13/h2-3,7-13H,4-6H2,1H3,(H,19,20,21). The van der Waals surface area contributed by atoms with Crippen LogP contribution in [0, 0.1) is 41.4 Å². The first-order valence-corrected chi connectivity index (χ1v) is 9.22. The Morgan fingerprint density at radius 3 is 2.18 bits per heavy atom. The lowest BCUT2D eigenvalue weighted by molar-refractivity contribution is -0.178. The predicted molar refractivity (Wildman–Crippen MR) is 73.4 cm³/mol. The fourth-order valence-corrected chi connectivity index (χ4v) is 7.14. The molecule has 3 saturated carbocycles. The zero-order valence-corrected chi connectivity index (χ0v) is 12.9. The van der Waals surface area contributed by atoms with Crippen molar-refractivity contribution in [2.45, 2.75) is 37.1 Å². The number of rotatable bonds is 2. The average Bonchev–Trinajstić information content (AvgIpc) is 3.12. The van der Waals surface area contributed by atoms with Gasteiger partial charge in [0.1, 0.15) is 0 Å². The fourth-order valence-electron chi connectivity index (χ4n) is 6.20. The van der Waals surface area contributed by atoms with Gasteiger partial charge in [0.2, 0.25) is 0 Å². The molecule has 4 aliphatic carbocycles. The zero-order valence-electron chi connectivity index (χ0n) is 12.1. The molecule has 8 atom stereocenters. The Labute approximate surface area is 127 Å². The Hall–Kier alpha value is -0.560. The van der Waals surface area contributed by atoms with Crippen molar-refractivity contribution in [3.8, 4) is 0 Å². The van der Waals surface area contributed by atoms with E-state index in [4.69, 9.17) is 0 Å². The molecule has 0 aromatic carbocycles. The minimum absolute atomic E-state index is 0.169. The average molecular weight is 336 g/mol. The SMILES string of the molecule is CC(C1CC2CC1C1C3C=CC(C3)C21)(C(F)(F)F)S(=O)(=O)O. The van der Waals surface area contributed by atoms with E-state index >= 15 is 0 Å². The van der Waals surface area contributed by atoms with E-state index in [-0.39, 0.29) is 24.2 Å². The molecular weight excluding hydrogens is 317 g/mol. The van der Waals surface area contributed by atoms with Crippen molar-refractivity contribution in [1.29, 1.82) is 0 Å². The molecule has 0 spiro atoms. The first kappa shape index (κ1) is 15.0. The number of hydrogen-bond donors (Lipinski definition) is 1. The maximum absolute atomic E-state index is 13.6. The third-order valence-electron chi connectivity index (χ3n) is 7.08. The number of alkyl halides is 3. The molecule has 4 aliphatic rings. The van der Waals surface area contributed by atoms with E-state index in [1.54, 1.807) is 0 Å². The zero-order chi connectivity index (χ0) is 16.1. The molecule has 0 heterocycles. The molecule has 7 heteroatoms. The molecule has 8 unspecified atom stereocenters.